The predicted molar refractivity (Wildman–Crippen MR) is 198 cm³/mol. The first-order valence-corrected chi connectivity index (χ1v) is 18.1. The van der Waals surface area contributed by atoms with E-state index in [0.717, 1.165) is 0 Å². The summed E-state index contributed by atoms with van der Waals surface area (Å²) in [7, 11) is 0. The van der Waals surface area contributed by atoms with Crippen molar-refractivity contribution in [2.24, 2.45) is 47.3 Å². The van der Waals surface area contributed by atoms with E-state index in [0.29, 0.717) is 6.42 Å². The van der Waals surface area contributed by atoms with Crippen molar-refractivity contribution in [3.63, 3.8) is 0 Å². The number of aliphatic hydroxyl groups is 4. The van der Waals surface area contributed by atoms with Crippen LogP contribution in [0.4, 0.5) is 0 Å². The van der Waals surface area contributed by atoms with Gasteiger partial charge in [-0.3, -0.25) is 9.59 Å². The first kappa shape index (κ1) is 45.6. The molecule has 0 amide bonds. The van der Waals surface area contributed by atoms with Gasteiger partial charge in [0.25, 0.3) is 0 Å². The number of aliphatic hydroxyl groups excluding tert-OH is 4. The Morgan fingerprint density at radius 3 is 1.41 bits per heavy atom. The van der Waals surface area contributed by atoms with Gasteiger partial charge < -0.3 is 29.9 Å². The van der Waals surface area contributed by atoms with E-state index >= 15 is 0 Å². The predicted octanol–water partition coefficient (Wildman–Crippen LogP) is 5.26. The lowest BCUT2D eigenvalue weighted by atomic mass is 9.82. The van der Waals surface area contributed by atoms with Crippen molar-refractivity contribution in [3.8, 4) is 0 Å². The topological polar surface area (TPSA) is 168 Å². The molecule has 10 heteroatoms. The normalized spacial score (nSPS) is 29.3. The highest BCUT2D eigenvalue weighted by molar-refractivity contribution is 5.92. The molecule has 0 saturated carbocycles. The minimum atomic E-state index is -1.15. The van der Waals surface area contributed by atoms with Gasteiger partial charge in [-0.2, -0.15) is 0 Å². The third-order valence-corrected chi connectivity index (χ3v) is 10.0. The second-order valence-corrected chi connectivity index (χ2v) is 14.2. The molecule has 0 aliphatic carbocycles. The van der Waals surface area contributed by atoms with E-state index in [1.165, 1.54) is 36.5 Å². The molecule has 0 saturated heterocycles. The molecule has 1 aliphatic heterocycles. The van der Waals surface area contributed by atoms with Crippen molar-refractivity contribution in [1.82, 2.24) is 0 Å². The standard InChI is InChI=1S/C41H62O10/c1-11-33(32(10)43)21-23-35(45)28(6)39(49)30(8)41-26(4)17-13-15-18-36(46)50-40(25(3)16-12-14-19-37(47)51-41)29(7)38(48)27(5)34(44)22-20-24(2)31(9)42/h12-33,38-43,48-49H,11H2,1-10H3/b16-12+,17-13-,18-15+,19-14+,22-20+,23-21+/t24-,25-,26-,27+,28+,29-,30-,31+,32+,33-,38-,39-,40-,41-/m0/s1. The summed E-state index contributed by atoms with van der Waals surface area (Å²) in [5.74, 6) is -6.17. The second kappa shape index (κ2) is 22.5. The number of allylic oxidation sites excluding steroid dienone is 6. The number of hydrogen-bond acceptors (Lipinski definition) is 10. The molecule has 4 N–H and O–H groups in total. The Bertz CT molecular complexity index is 1310. The smallest absolute Gasteiger partial charge is 0.331 e. The van der Waals surface area contributed by atoms with Crippen LogP contribution in [0.15, 0.2) is 72.9 Å². The van der Waals surface area contributed by atoms with Gasteiger partial charge in [-0.1, -0.05) is 104 Å². The second-order valence-electron chi connectivity index (χ2n) is 14.2. The quantitative estimate of drug-likeness (QED) is 0.130. The maximum atomic E-state index is 13.0. The number of esters is 2. The van der Waals surface area contributed by atoms with E-state index in [-0.39, 0.29) is 23.4 Å². The monoisotopic (exact) mass is 714 g/mol. The van der Waals surface area contributed by atoms with Crippen LogP contribution in [0.3, 0.4) is 0 Å². The van der Waals surface area contributed by atoms with Crippen LogP contribution in [0.1, 0.15) is 75.7 Å². The van der Waals surface area contributed by atoms with Gasteiger partial charge in [-0.05, 0) is 32.4 Å². The molecule has 1 heterocycles. The van der Waals surface area contributed by atoms with Gasteiger partial charge in [0.05, 0.1) is 24.4 Å². The van der Waals surface area contributed by atoms with Gasteiger partial charge in [0.2, 0.25) is 0 Å². The number of hydrogen-bond donors (Lipinski definition) is 4. The Morgan fingerprint density at radius 2 is 1.06 bits per heavy atom. The zero-order valence-corrected chi connectivity index (χ0v) is 32.0. The first-order chi connectivity index (χ1) is 23.8. The highest BCUT2D eigenvalue weighted by atomic mass is 16.5. The van der Waals surface area contributed by atoms with Crippen molar-refractivity contribution in [2.45, 2.75) is 112 Å². The van der Waals surface area contributed by atoms with E-state index < -0.39 is 84.1 Å². The van der Waals surface area contributed by atoms with E-state index in [2.05, 4.69) is 0 Å². The Balaban J connectivity index is 3.25. The number of rotatable bonds is 15. The highest BCUT2D eigenvalue weighted by Crippen LogP contribution is 2.28. The molecule has 51 heavy (non-hydrogen) atoms. The summed E-state index contributed by atoms with van der Waals surface area (Å²) >= 11 is 0. The van der Waals surface area contributed by atoms with Crippen LogP contribution >= 0.6 is 0 Å². The van der Waals surface area contributed by atoms with Crippen LogP contribution in [0.25, 0.3) is 0 Å². The van der Waals surface area contributed by atoms with Crippen molar-refractivity contribution in [2.75, 3.05) is 0 Å². The van der Waals surface area contributed by atoms with Crippen LogP contribution in [0, 0.1) is 47.3 Å². The van der Waals surface area contributed by atoms with E-state index in [9.17, 15) is 39.6 Å². The van der Waals surface area contributed by atoms with Crippen LogP contribution in [0.5, 0.6) is 0 Å². The minimum absolute atomic E-state index is 0.191. The Hall–Kier alpha value is -3.44. The lowest BCUT2D eigenvalue weighted by Gasteiger charge is -2.33. The van der Waals surface area contributed by atoms with Crippen LogP contribution in [0.2, 0.25) is 0 Å². The van der Waals surface area contributed by atoms with Gasteiger partial charge in [0.1, 0.15) is 12.2 Å². The average molecular weight is 715 g/mol. The largest absolute Gasteiger partial charge is 0.458 e. The summed E-state index contributed by atoms with van der Waals surface area (Å²) < 4.78 is 11.6. The molecule has 1 rings (SSSR count). The number of carbonyl (C=O) groups excluding carboxylic acids is 4. The summed E-state index contributed by atoms with van der Waals surface area (Å²) in [6, 6.07) is 0. The molecule has 1 aliphatic rings. The van der Waals surface area contributed by atoms with Crippen LogP contribution in [-0.4, -0.2) is 80.6 Å². The zero-order valence-electron chi connectivity index (χ0n) is 32.0. The number of ether oxygens (including phenoxy) is 2. The molecule has 0 radical (unpaired) electrons. The fourth-order valence-electron chi connectivity index (χ4n) is 5.90. The SMILES string of the molecule is CC[C@@H](/C=C/C(=O)[C@@H](C)[C@H](O)[C@H](C)[C@H]1OC(=O)/C=C/C=C/[C@H](C)[C@@H]([C@@H](C)[C@@H](O)[C@H](C)C(=O)/C=C/[C@H](C)[C@@H](C)O)OC(=O)/C=C/C=C\[C@@H]1C)[C@@H](C)O. The molecule has 0 spiro atoms. The van der Waals surface area contributed by atoms with Crippen molar-refractivity contribution in [3.05, 3.63) is 72.9 Å². The molecule has 10 nitrogen and oxygen atoms in total. The first-order valence-electron chi connectivity index (χ1n) is 18.1. The molecule has 0 bridgehead atoms. The van der Waals surface area contributed by atoms with E-state index in [4.69, 9.17) is 9.47 Å². The summed E-state index contributed by atoms with van der Waals surface area (Å²) in [6.07, 6.45) is 13.5. The molecular weight excluding hydrogens is 652 g/mol. The third kappa shape index (κ3) is 15.0. The lowest BCUT2D eigenvalue weighted by Crippen LogP contribution is -2.41. The van der Waals surface area contributed by atoms with Gasteiger partial charge in [-0.25, -0.2) is 9.59 Å². The van der Waals surface area contributed by atoms with Crippen LogP contribution < -0.4 is 0 Å². The minimum Gasteiger partial charge on any atom is -0.458 e. The molecule has 0 aromatic carbocycles. The highest BCUT2D eigenvalue weighted by Gasteiger charge is 2.37. The maximum Gasteiger partial charge on any atom is 0.331 e. The van der Waals surface area contributed by atoms with E-state index in [1.54, 1.807) is 98.8 Å². The van der Waals surface area contributed by atoms with Crippen molar-refractivity contribution in [1.29, 1.82) is 0 Å². The van der Waals surface area contributed by atoms with Gasteiger partial charge in [0.15, 0.2) is 11.6 Å². The molecule has 0 aromatic heterocycles. The Morgan fingerprint density at radius 1 is 0.667 bits per heavy atom. The number of cyclic esters (lactones) is 2. The summed E-state index contributed by atoms with van der Waals surface area (Å²) in [4.78, 5) is 51.7. The summed E-state index contributed by atoms with van der Waals surface area (Å²) in [6.45, 7) is 17.2. The molecular formula is C41H62O10. The molecule has 0 fully saturated rings. The lowest BCUT2D eigenvalue weighted by molar-refractivity contribution is -0.152. The Labute approximate surface area is 304 Å². The number of carbonyl (C=O) groups is 4. The number of ketones is 2. The summed E-state index contributed by atoms with van der Waals surface area (Å²) in [5, 5.41) is 42.0. The van der Waals surface area contributed by atoms with Gasteiger partial charge in [-0.15, -0.1) is 0 Å². The van der Waals surface area contributed by atoms with Crippen molar-refractivity contribution >= 4 is 23.5 Å². The molecule has 0 aromatic rings. The van der Waals surface area contributed by atoms with E-state index in [1.807, 2.05) is 6.92 Å². The van der Waals surface area contributed by atoms with Gasteiger partial charge in [0, 0.05) is 59.5 Å². The van der Waals surface area contributed by atoms with Gasteiger partial charge >= 0.3 is 11.9 Å². The Kier molecular flexibility index (Phi) is 20.1. The fraction of sp³-hybridized carbons (Fsp3) is 0.610. The molecule has 0 unspecified atom stereocenters. The van der Waals surface area contributed by atoms with Crippen molar-refractivity contribution < 1.29 is 49.1 Å². The average Bonchev–Trinajstić information content (AvgIpc) is 3.09. The summed E-state index contributed by atoms with van der Waals surface area (Å²) in [5.41, 5.74) is 0. The fourth-order valence-corrected chi connectivity index (χ4v) is 5.90. The third-order valence-electron chi connectivity index (χ3n) is 10.0. The molecule has 14 atom stereocenters. The maximum absolute atomic E-state index is 13.0. The molecule has 286 valence electrons. The zero-order chi connectivity index (χ0) is 39.0. The van der Waals surface area contributed by atoms with Crippen LogP contribution in [-0.2, 0) is 28.7 Å².